The molecule has 0 bridgehead atoms. The predicted octanol–water partition coefficient (Wildman–Crippen LogP) is 4.80. The van der Waals surface area contributed by atoms with E-state index in [2.05, 4.69) is 53.2 Å². The molecule has 17 heavy (non-hydrogen) atoms. The van der Waals surface area contributed by atoms with Crippen LogP contribution in [0.1, 0.15) is 11.1 Å². The van der Waals surface area contributed by atoms with Gasteiger partial charge in [0, 0.05) is 20.0 Å². The highest BCUT2D eigenvalue weighted by Crippen LogP contribution is 2.35. The largest absolute Gasteiger partial charge is 0.398 e. The highest BCUT2D eigenvalue weighted by molar-refractivity contribution is 9.10. The molecule has 2 aromatic carbocycles. The van der Waals surface area contributed by atoms with E-state index in [1.807, 2.05) is 13.0 Å². The molecule has 1 nitrogen and oxygen atoms in total. The van der Waals surface area contributed by atoms with Gasteiger partial charge in [-0.2, -0.15) is 0 Å². The maximum absolute atomic E-state index is 5.86. The molecule has 2 N–H and O–H groups in total. The number of hydrogen-bond donors (Lipinski definition) is 1. The van der Waals surface area contributed by atoms with Gasteiger partial charge in [0.05, 0.1) is 0 Å². The zero-order valence-corrected chi connectivity index (χ0v) is 12.2. The molecule has 0 aliphatic carbocycles. The highest BCUT2D eigenvalue weighted by Gasteiger charge is 2.05. The average molecular weight is 308 g/mol. The van der Waals surface area contributed by atoms with Gasteiger partial charge < -0.3 is 5.73 Å². The van der Waals surface area contributed by atoms with Crippen molar-refractivity contribution in [3.05, 3.63) is 52.0 Å². The minimum atomic E-state index is 0.824. The Morgan fingerprint density at radius 1 is 1.06 bits per heavy atom. The summed E-state index contributed by atoms with van der Waals surface area (Å²) >= 11 is 5.30. The Kier molecular flexibility index (Phi) is 3.79. The van der Waals surface area contributed by atoms with E-state index in [4.69, 9.17) is 5.73 Å². The van der Waals surface area contributed by atoms with Crippen LogP contribution in [-0.2, 0) is 0 Å². The van der Waals surface area contributed by atoms with E-state index in [-0.39, 0.29) is 0 Å². The SMILES string of the molecule is Cc1ccc(Sc2cc(C)c(N)cc2Br)cc1. The van der Waals surface area contributed by atoms with E-state index in [0.717, 1.165) is 15.7 Å². The van der Waals surface area contributed by atoms with Crippen LogP contribution in [-0.4, -0.2) is 0 Å². The molecule has 0 spiro atoms. The Bertz CT molecular complexity index is 535. The van der Waals surface area contributed by atoms with Crippen LogP contribution in [0.5, 0.6) is 0 Å². The Balaban J connectivity index is 2.30. The van der Waals surface area contributed by atoms with Gasteiger partial charge in [0.15, 0.2) is 0 Å². The van der Waals surface area contributed by atoms with E-state index < -0.39 is 0 Å². The zero-order valence-electron chi connectivity index (χ0n) is 9.83. The van der Waals surface area contributed by atoms with Crippen molar-refractivity contribution in [2.24, 2.45) is 0 Å². The second kappa shape index (κ2) is 5.15. The fourth-order valence-corrected chi connectivity index (χ4v) is 3.00. The van der Waals surface area contributed by atoms with Crippen molar-refractivity contribution in [3.63, 3.8) is 0 Å². The first-order valence-electron chi connectivity index (χ1n) is 5.36. The molecule has 0 heterocycles. The van der Waals surface area contributed by atoms with Gasteiger partial charge in [-0.3, -0.25) is 0 Å². The molecular weight excluding hydrogens is 294 g/mol. The molecule has 0 aliphatic heterocycles. The number of benzene rings is 2. The van der Waals surface area contributed by atoms with Crippen LogP contribution in [0.15, 0.2) is 50.7 Å². The first-order chi connectivity index (χ1) is 8.06. The average Bonchev–Trinajstić information content (AvgIpc) is 2.29. The molecule has 0 atom stereocenters. The molecule has 0 radical (unpaired) electrons. The number of nitrogens with two attached hydrogens (primary N) is 1. The first-order valence-corrected chi connectivity index (χ1v) is 6.97. The van der Waals surface area contributed by atoms with E-state index in [1.54, 1.807) is 11.8 Å². The van der Waals surface area contributed by atoms with Crippen molar-refractivity contribution >= 4 is 33.4 Å². The van der Waals surface area contributed by atoms with Crippen LogP contribution < -0.4 is 5.73 Å². The molecule has 2 aromatic rings. The van der Waals surface area contributed by atoms with Gasteiger partial charge in [-0.1, -0.05) is 29.5 Å². The third-order valence-corrected chi connectivity index (χ3v) is 4.55. The van der Waals surface area contributed by atoms with Crippen molar-refractivity contribution < 1.29 is 0 Å². The zero-order chi connectivity index (χ0) is 12.4. The number of hydrogen-bond acceptors (Lipinski definition) is 2. The lowest BCUT2D eigenvalue weighted by atomic mass is 10.2. The molecule has 2 rings (SSSR count). The van der Waals surface area contributed by atoms with Crippen LogP contribution >= 0.6 is 27.7 Å². The van der Waals surface area contributed by atoms with Gasteiger partial charge >= 0.3 is 0 Å². The summed E-state index contributed by atoms with van der Waals surface area (Å²) in [7, 11) is 0. The molecule has 0 amide bonds. The summed E-state index contributed by atoms with van der Waals surface area (Å²) in [5.41, 5.74) is 9.08. The lowest BCUT2D eigenvalue weighted by Crippen LogP contribution is -1.90. The van der Waals surface area contributed by atoms with E-state index >= 15 is 0 Å². The predicted molar refractivity (Wildman–Crippen MR) is 78.6 cm³/mol. The molecule has 0 unspecified atom stereocenters. The van der Waals surface area contributed by atoms with Crippen molar-refractivity contribution in [1.82, 2.24) is 0 Å². The monoisotopic (exact) mass is 307 g/mol. The second-order valence-corrected chi connectivity index (χ2v) is 6.02. The third-order valence-electron chi connectivity index (χ3n) is 2.57. The minimum absolute atomic E-state index is 0.824. The van der Waals surface area contributed by atoms with Crippen molar-refractivity contribution in [3.8, 4) is 0 Å². The number of nitrogen functional groups attached to an aromatic ring is 1. The molecular formula is C14H14BrNS. The Hall–Kier alpha value is -0.930. The summed E-state index contributed by atoms with van der Waals surface area (Å²) < 4.78 is 1.05. The van der Waals surface area contributed by atoms with Crippen LogP contribution in [0.4, 0.5) is 5.69 Å². The second-order valence-electron chi connectivity index (χ2n) is 4.05. The van der Waals surface area contributed by atoms with Crippen LogP contribution in [0, 0.1) is 13.8 Å². The number of aryl methyl sites for hydroxylation is 2. The molecule has 0 saturated carbocycles. The summed E-state index contributed by atoms with van der Waals surface area (Å²) in [5, 5.41) is 0. The van der Waals surface area contributed by atoms with Gasteiger partial charge in [-0.05, 0) is 59.6 Å². The maximum atomic E-state index is 5.86. The van der Waals surface area contributed by atoms with Crippen molar-refractivity contribution in [2.45, 2.75) is 23.6 Å². The third kappa shape index (κ3) is 3.05. The number of halogens is 1. The Labute approximate surface area is 115 Å². The lowest BCUT2D eigenvalue weighted by Gasteiger charge is -2.08. The van der Waals surface area contributed by atoms with Crippen molar-refractivity contribution in [1.29, 1.82) is 0 Å². The van der Waals surface area contributed by atoms with Crippen LogP contribution in [0.3, 0.4) is 0 Å². The minimum Gasteiger partial charge on any atom is -0.398 e. The fourth-order valence-electron chi connectivity index (χ4n) is 1.48. The molecule has 0 fully saturated rings. The highest BCUT2D eigenvalue weighted by atomic mass is 79.9. The first kappa shape index (κ1) is 12.5. The Morgan fingerprint density at radius 2 is 1.71 bits per heavy atom. The number of rotatable bonds is 2. The molecule has 88 valence electrons. The van der Waals surface area contributed by atoms with Crippen LogP contribution in [0.25, 0.3) is 0 Å². The smallest absolute Gasteiger partial charge is 0.0355 e. The topological polar surface area (TPSA) is 26.0 Å². The summed E-state index contributed by atoms with van der Waals surface area (Å²) in [6.07, 6.45) is 0. The molecule has 3 heteroatoms. The number of anilines is 1. The summed E-state index contributed by atoms with van der Waals surface area (Å²) in [5.74, 6) is 0. The molecule has 0 saturated heterocycles. The Morgan fingerprint density at radius 3 is 2.35 bits per heavy atom. The van der Waals surface area contributed by atoms with E-state index in [9.17, 15) is 0 Å². The van der Waals surface area contributed by atoms with Crippen molar-refractivity contribution in [2.75, 3.05) is 5.73 Å². The van der Waals surface area contributed by atoms with Gasteiger partial charge in [0.1, 0.15) is 0 Å². The normalized spacial score (nSPS) is 10.5. The standard InChI is InChI=1S/C14H14BrNS/c1-9-3-5-11(6-4-9)17-14-7-10(2)13(16)8-12(14)15/h3-8H,16H2,1-2H3. The molecule has 0 aromatic heterocycles. The van der Waals surface area contributed by atoms with E-state index in [1.165, 1.54) is 15.4 Å². The lowest BCUT2D eigenvalue weighted by molar-refractivity contribution is 1.31. The quantitative estimate of drug-likeness (QED) is 0.807. The van der Waals surface area contributed by atoms with Gasteiger partial charge in [0.2, 0.25) is 0 Å². The summed E-state index contributed by atoms with van der Waals surface area (Å²) in [6.45, 7) is 4.12. The molecule has 0 aliphatic rings. The summed E-state index contributed by atoms with van der Waals surface area (Å²) in [6, 6.07) is 12.6. The van der Waals surface area contributed by atoms with E-state index in [0.29, 0.717) is 0 Å². The van der Waals surface area contributed by atoms with Gasteiger partial charge in [-0.25, -0.2) is 0 Å². The summed E-state index contributed by atoms with van der Waals surface area (Å²) in [4.78, 5) is 2.43. The van der Waals surface area contributed by atoms with Gasteiger partial charge in [0.25, 0.3) is 0 Å². The van der Waals surface area contributed by atoms with Crippen LogP contribution in [0.2, 0.25) is 0 Å². The van der Waals surface area contributed by atoms with Gasteiger partial charge in [-0.15, -0.1) is 0 Å². The maximum Gasteiger partial charge on any atom is 0.0355 e. The fraction of sp³-hybridized carbons (Fsp3) is 0.143.